The van der Waals surface area contributed by atoms with Crippen molar-refractivity contribution in [3.8, 4) is 0 Å². The van der Waals surface area contributed by atoms with Gasteiger partial charge in [0.25, 0.3) is 0 Å². The second kappa shape index (κ2) is 8.51. The number of hydrogen-bond acceptors (Lipinski definition) is 2. The largest absolute Gasteiger partial charge is 0.305 e. The number of benzene rings is 2. The fourth-order valence-corrected chi connectivity index (χ4v) is 8.57. The van der Waals surface area contributed by atoms with Gasteiger partial charge in [0.1, 0.15) is 8.07 Å². The zero-order valence-corrected chi connectivity index (χ0v) is 17.9. The molecule has 2 aromatic rings. The lowest BCUT2D eigenvalue weighted by atomic mass is 9.89. The van der Waals surface area contributed by atoms with Crippen LogP contribution in [0.25, 0.3) is 0 Å². The van der Waals surface area contributed by atoms with Gasteiger partial charge in [0.15, 0.2) is 0 Å². The molecule has 0 unspecified atom stereocenters. The van der Waals surface area contributed by atoms with Crippen LogP contribution in [0.1, 0.15) is 25.7 Å². The van der Waals surface area contributed by atoms with E-state index in [1.807, 2.05) is 0 Å². The summed E-state index contributed by atoms with van der Waals surface area (Å²) in [5.74, 6) is 0. The van der Waals surface area contributed by atoms with Gasteiger partial charge in [-0.3, -0.25) is 0 Å². The predicted molar refractivity (Wildman–Crippen MR) is 116 cm³/mol. The Labute approximate surface area is 160 Å². The van der Waals surface area contributed by atoms with Crippen LogP contribution in [-0.2, 0) is 0 Å². The van der Waals surface area contributed by atoms with E-state index >= 15 is 0 Å². The number of hydrogen-bond donors (Lipinski definition) is 0. The molecule has 3 heteroatoms. The van der Waals surface area contributed by atoms with Crippen LogP contribution in [-0.4, -0.2) is 57.3 Å². The van der Waals surface area contributed by atoms with Gasteiger partial charge in [-0.25, -0.2) is 0 Å². The summed E-state index contributed by atoms with van der Waals surface area (Å²) in [6.45, 7) is 2.54. The molecule has 0 aromatic heterocycles. The summed E-state index contributed by atoms with van der Waals surface area (Å²) in [6.07, 6.45) is 6.58. The van der Waals surface area contributed by atoms with Crippen molar-refractivity contribution < 1.29 is 0 Å². The summed E-state index contributed by atoms with van der Waals surface area (Å²) in [5, 5.41) is 3.07. The van der Waals surface area contributed by atoms with E-state index in [1.54, 1.807) is 0 Å². The molecule has 0 saturated heterocycles. The molecule has 0 radical (unpaired) electrons. The smallest absolute Gasteiger partial charge is 0.128 e. The van der Waals surface area contributed by atoms with Gasteiger partial charge in [-0.1, -0.05) is 90.4 Å². The van der Waals surface area contributed by atoms with E-state index in [4.69, 9.17) is 0 Å². The Hall–Kier alpha value is -1.42. The van der Waals surface area contributed by atoms with Crippen LogP contribution in [0.15, 0.2) is 60.7 Å². The Kier molecular flexibility index (Phi) is 6.33. The number of nitrogens with zero attached hydrogens (tertiary/aromatic N) is 2. The van der Waals surface area contributed by atoms with Crippen molar-refractivity contribution in [1.82, 2.24) is 9.80 Å². The SMILES string of the molecule is CN(C)[C@@H]1CCCC[C@H]1N(C)C[Si](C)(c1ccccc1)c1ccccc1. The fraction of sp³-hybridized carbons (Fsp3) is 0.478. The summed E-state index contributed by atoms with van der Waals surface area (Å²) in [7, 11) is 5.06. The summed E-state index contributed by atoms with van der Waals surface area (Å²) >= 11 is 0. The van der Waals surface area contributed by atoms with E-state index in [0.29, 0.717) is 12.1 Å². The molecular weight excluding hydrogens is 332 g/mol. The molecule has 140 valence electrons. The summed E-state index contributed by atoms with van der Waals surface area (Å²) in [6, 6.07) is 23.8. The average molecular weight is 367 g/mol. The molecule has 2 atom stereocenters. The maximum Gasteiger partial charge on any atom is 0.128 e. The van der Waals surface area contributed by atoms with Crippen LogP contribution in [0.5, 0.6) is 0 Å². The van der Waals surface area contributed by atoms with Crippen molar-refractivity contribution in [2.75, 3.05) is 27.3 Å². The van der Waals surface area contributed by atoms with Crippen molar-refractivity contribution in [1.29, 1.82) is 0 Å². The van der Waals surface area contributed by atoms with Crippen molar-refractivity contribution >= 4 is 18.4 Å². The maximum atomic E-state index is 2.69. The normalized spacial score (nSPS) is 21.3. The first-order valence-electron chi connectivity index (χ1n) is 10.00. The molecule has 1 saturated carbocycles. The van der Waals surface area contributed by atoms with Crippen molar-refractivity contribution in [3.63, 3.8) is 0 Å². The zero-order valence-electron chi connectivity index (χ0n) is 16.9. The third kappa shape index (κ3) is 4.11. The lowest BCUT2D eigenvalue weighted by molar-refractivity contribution is 0.104. The first-order chi connectivity index (χ1) is 12.5. The van der Waals surface area contributed by atoms with Gasteiger partial charge in [0.2, 0.25) is 0 Å². The Morgan fingerprint density at radius 3 is 1.69 bits per heavy atom. The van der Waals surface area contributed by atoms with Gasteiger partial charge in [-0.05, 0) is 34.0 Å². The molecule has 0 spiro atoms. The lowest BCUT2D eigenvalue weighted by Crippen LogP contribution is -2.65. The fourth-order valence-electron chi connectivity index (χ4n) is 4.79. The van der Waals surface area contributed by atoms with Crippen LogP contribution in [0.3, 0.4) is 0 Å². The average Bonchev–Trinajstić information content (AvgIpc) is 2.69. The highest BCUT2D eigenvalue weighted by molar-refractivity contribution is 7.01. The second-order valence-corrected chi connectivity index (χ2v) is 12.5. The number of likely N-dealkylation sites (N-methyl/N-ethyl adjacent to an activating group) is 2. The minimum absolute atomic E-state index is 0.665. The van der Waals surface area contributed by atoms with Crippen molar-refractivity contribution in [2.45, 2.75) is 44.3 Å². The molecule has 0 bridgehead atoms. The Balaban J connectivity index is 1.91. The first kappa shape index (κ1) is 19.3. The predicted octanol–water partition coefficient (Wildman–Crippen LogP) is 3.22. The summed E-state index contributed by atoms with van der Waals surface area (Å²) < 4.78 is 0. The third-order valence-corrected chi connectivity index (χ3v) is 10.7. The van der Waals surface area contributed by atoms with Gasteiger partial charge in [0, 0.05) is 18.3 Å². The van der Waals surface area contributed by atoms with Gasteiger partial charge >= 0.3 is 0 Å². The Bertz CT molecular complexity index is 632. The first-order valence-corrected chi connectivity index (χ1v) is 12.7. The Morgan fingerprint density at radius 2 is 1.23 bits per heavy atom. The van der Waals surface area contributed by atoms with Crippen LogP contribution in [0, 0.1) is 0 Å². The van der Waals surface area contributed by atoms with Gasteiger partial charge in [0.05, 0.1) is 0 Å². The van der Waals surface area contributed by atoms with Gasteiger partial charge in [-0.2, -0.15) is 0 Å². The van der Waals surface area contributed by atoms with Crippen LogP contribution in [0.2, 0.25) is 6.55 Å². The topological polar surface area (TPSA) is 6.48 Å². The number of rotatable bonds is 6. The van der Waals surface area contributed by atoms with Crippen LogP contribution in [0.4, 0.5) is 0 Å². The van der Waals surface area contributed by atoms with E-state index in [2.05, 4.69) is 98.2 Å². The van der Waals surface area contributed by atoms with E-state index in [0.717, 1.165) is 0 Å². The second-order valence-electron chi connectivity index (χ2n) is 8.36. The molecule has 0 N–H and O–H groups in total. The lowest BCUT2D eigenvalue weighted by Gasteiger charge is -2.44. The molecule has 0 amide bonds. The quantitative estimate of drug-likeness (QED) is 0.724. The molecule has 3 rings (SSSR count). The summed E-state index contributed by atoms with van der Waals surface area (Å²) in [4.78, 5) is 5.14. The van der Waals surface area contributed by atoms with Crippen LogP contribution >= 0.6 is 0 Å². The molecule has 1 aliphatic carbocycles. The molecule has 0 heterocycles. The molecule has 2 nitrogen and oxygen atoms in total. The molecule has 26 heavy (non-hydrogen) atoms. The van der Waals surface area contributed by atoms with Crippen LogP contribution < -0.4 is 10.4 Å². The minimum Gasteiger partial charge on any atom is -0.305 e. The standard InChI is InChI=1S/C23H34N2Si/c1-24(2)22-17-11-12-18-23(22)25(3)19-26(4,20-13-7-5-8-14-20)21-15-9-6-10-16-21/h5-10,13-16,22-23H,11-12,17-19H2,1-4H3/t22-,23-/m1/s1. The molecular formula is C23H34N2Si. The van der Waals surface area contributed by atoms with E-state index in [1.165, 1.54) is 42.2 Å². The summed E-state index contributed by atoms with van der Waals surface area (Å²) in [5.41, 5.74) is 0. The van der Waals surface area contributed by atoms with Crippen molar-refractivity contribution in [3.05, 3.63) is 60.7 Å². The Morgan fingerprint density at radius 1 is 0.769 bits per heavy atom. The van der Waals surface area contributed by atoms with E-state index < -0.39 is 8.07 Å². The monoisotopic (exact) mass is 366 g/mol. The maximum absolute atomic E-state index is 2.69. The van der Waals surface area contributed by atoms with Gasteiger partial charge < -0.3 is 9.80 Å². The third-order valence-electron chi connectivity index (χ3n) is 6.31. The van der Waals surface area contributed by atoms with Crippen molar-refractivity contribution in [2.24, 2.45) is 0 Å². The highest BCUT2D eigenvalue weighted by atomic mass is 28.3. The minimum atomic E-state index is -1.81. The highest BCUT2D eigenvalue weighted by Gasteiger charge is 2.37. The molecule has 0 aliphatic heterocycles. The molecule has 2 aromatic carbocycles. The highest BCUT2D eigenvalue weighted by Crippen LogP contribution is 2.26. The van der Waals surface area contributed by atoms with E-state index in [-0.39, 0.29) is 0 Å². The zero-order chi connectivity index (χ0) is 18.6. The van der Waals surface area contributed by atoms with Gasteiger partial charge in [-0.15, -0.1) is 0 Å². The van der Waals surface area contributed by atoms with E-state index in [9.17, 15) is 0 Å². The molecule has 1 fully saturated rings. The molecule has 1 aliphatic rings.